The minimum absolute atomic E-state index is 0.0334. The molecule has 0 amide bonds. The Bertz CT molecular complexity index is 1010. The molecule has 2 heterocycles. The van der Waals surface area contributed by atoms with Crippen molar-refractivity contribution in [1.82, 2.24) is 0 Å². The number of nitro groups is 1. The van der Waals surface area contributed by atoms with Crippen molar-refractivity contribution in [2.24, 2.45) is 9.98 Å². The van der Waals surface area contributed by atoms with Crippen molar-refractivity contribution in [1.29, 1.82) is 0 Å². The molecule has 2 aromatic carbocycles. The highest BCUT2D eigenvalue weighted by Crippen LogP contribution is 2.32. The number of rotatable bonds is 7. The van der Waals surface area contributed by atoms with Gasteiger partial charge in [0.05, 0.1) is 30.3 Å². The van der Waals surface area contributed by atoms with Crippen molar-refractivity contribution in [3.63, 3.8) is 0 Å². The minimum Gasteiger partial charge on any atom is -0.491 e. The van der Waals surface area contributed by atoms with Crippen LogP contribution in [0.2, 0.25) is 0 Å². The van der Waals surface area contributed by atoms with E-state index < -0.39 is 4.92 Å². The molecule has 0 saturated heterocycles. The molecule has 2 aliphatic heterocycles. The number of hydrogen-bond acceptors (Lipinski definition) is 7. The first-order valence-electron chi connectivity index (χ1n) is 9.63. The maximum absolute atomic E-state index is 10.8. The zero-order valence-corrected chi connectivity index (χ0v) is 16.8. The van der Waals surface area contributed by atoms with Gasteiger partial charge in [-0.3, -0.25) is 20.1 Å². The summed E-state index contributed by atoms with van der Waals surface area (Å²) >= 11 is 0. The fourth-order valence-electron chi connectivity index (χ4n) is 3.03. The summed E-state index contributed by atoms with van der Waals surface area (Å²) in [6.45, 7) is 7.84. The van der Waals surface area contributed by atoms with Crippen molar-refractivity contribution >= 4 is 23.8 Å². The molecule has 2 aromatic rings. The van der Waals surface area contributed by atoms with E-state index in [9.17, 15) is 10.1 Å². The number of hydrogen-bond donors (Lipinski definition) is 1. The third-order valence-electron chi connectivity index (χ3n) is 4.49. The molecule has 8 heteroatoms. The monoisotopic (exact) mass is 408 g/mol. The Morgan fingerprint density at radius 3 is 2.33 bits per heavy atom. The summed E-state index contributed by atoms with van der Waals surface area (Å²) in [6, 6.07) is 7.08. The lowest BCUT2D eigenvalue weighted by Gasteiger charge is -2.09. The van der Waals surface area contributed by atoms with Gasteiger partial charge < -0.3 is 15.2 Å². The van der Waals surface area contributed by atoms with Gasteiger partial charge in [-0.15, -0.1) is 0 Å². The number of benzene rings is 2. The Morgan fingerprint density at radius 2 is 1.73 bits per heavy atom. The third-order valence-corrected chi connectivity index (χ3v) is 4.49. The number of ether oxygens (including phenoxy) is 2. The molecule has 4 rings (SSSR count). The normalized spacial score (nSPS) is 12.6. The summed E-state index contributed by atoms with van der Waals surface area (Å²) in [4.78, 5) is 18.6. The van der Waals surface area contributed by atoms with Crippen LogP contribution >= 0.6 is 0 Å². The Morgan fingerprint density at radius 1 is 1.10 bits per heavy atom. The molecule has 0 aromatic heterocycles. The molecule has 30 heavy (non-hydrogen) atoms. The van der Waals surface area contributed by atoms with Gasteiger partial charge in [0, 0.05) is 24.1 Å². The van der Waals surface area contributed by atoms with Crippen LogP contribution in [0.25, 0.3) is 0 Å². The Hall–Kier alpha value is -3.68. The zero-order chi connectivity index (χ0) is 21.5. The van der Waals surface area contributed by atoms with Crippen LogP contribution in [0, 0.1) is 10.1 Å². The van der Waals surface area contributed by atoms with Gasteiger partial charge in [-0.25, -0.2) is 0 Å². The molecule has 0 spiro atoms. The lowest BCUT2D eigenvalue weighted by atomic mass is 10.1. The van der Waals surface area contributed by atoms with E-state index in [0.29, 0.717) is 18.8 Å². The molecule has 0 atom stereocenters. The predicted octanol–water partition coefficient (Wildman–Crippen LogP) is 4.08. The van der Waals surface area contributed by atoms with Gasteiger partial charge in [0.15, 0.2) is 5.75 Å². The van der Waals surface area contributed by atoms with Gasteiger partial charge >= 0.3 is 5.69 Å². The molecular weight excluding hydrogens is 384 g/mol. The van der Waals surface area contributed by atoms with E-state index in [2.05, 4.69) is 23.5 Å². The van der Waals surface area contributed by atoms with E-state index >= 15 is 0 Å². The zero-order valence-electron chi connectivity index (χ0n) is 16.8. The van der Waals surface area contributed by atoms with Crippen LogP contribution in [0.5, 0.6) is 11.5 Å². The van der Waals surface area contributed by atoms with Crippen molar-refractivity contribution < 1.29 is 14.4 Å². The highest BCUT2D eigenvalue weighted by Gasteiger charge is 2.20. The summed E-state index contributed by atoms with van der Waals surface area (Å²) in [5.41, 5.74) is 10.6. The molecule has 2 N–H and O–H groups in total. The maximum Gasteiger partial charge on any atom is 0.311 e. The predicted molar refractivity (Wildman–Crippen MR) is 118 cm³/mol. The number of aliphatic imine (C=N–C) groups is 2. The van der Waals surface area contributed by atoms with Crippen LogP contribution in [0.1, 0.15) is 35.6 Å². The van der Waals surface area contributed by atoms with Crippen molar-refractivity contribution in [2.75, 3.05) is 18.9 Å². The molecule has 156 valence electrons. The Labute approximate surface area is 174 Å². The first-order valence-corrected chi connectivity index (χ1v) is 9.63. The largest absolute Gasteiger partial charge is 0.491 e. The lowest BCUT2D eigenvalue weighted by Crippen LogP contribution is -2.00. The van der Waals surface area contributed by atoms with E-state index in [-0.39, 0.29) is 18.0 Å². The quantitative estimate of drug-likeness (QED) is 0.321. The molecule has 0 saturated carbocycles. The van der Waals surface area contributed by atoms with E-state index in [1.165, 1.54) is 11.6 Å². The average molecular weight is 408 g/mol. The Kier molecular flexibility index (Phi) is 6.79. The average Bonchev–Trinajstić information content (AvgIpc) is 3.38. The number of fused-ring (bicyclic) bond motifs is 2. The summed E-state index contributed by atoms with van der Waals surface area (Å²) in [5, 5.41) is 10.8. The van der Waals surface area contributed by atoms with Crippen LogP contribution in [0.3, 0.4) is 0 Å². The minimum atomic E-state index is -0.454. The van der Waals surface area contributed by atoms with E-state index in [1.807, 2.05) is 18.3 Å². The van der Waals surface area contributed by atoms with Gasteiger partial charge in [-0.05, 0) is 41.3 Å². The maximum atomic E-state index is 10.8. The molecule has 0 bridgehead atoms. The molecule has 0 fully saturated rings. The highest BCUT2D eigenvalue weighted by atomic mass is 16.6. The molecule has 0 unspecified atom stereocenters. The number of anilines is 1. The Balaban J connectivity index is 0.000000172. The summed E-state index contributed by atoms with van der Waals surface area (Å²) in [6.07, 6.45) is 6.04. The first-order chi connectivity index (χ1) is 14.5. The fourth-order valence-corrected chi connectivity index (χ4v) is 3.03. The standard InChI is InChI=1S/C11H10N2O3.C11H14N2O/c1-2-3-16-11-5-9-7-12-6-8(9)4-10(11)13(14)15;1-2-3-14-11-5-9-7-13-6-8(9)4-10(11)12/h2,4-6H,1,3,7H2;4-6H,2-3,7,12H2,1H3. The summed E-state index contributed by atoms with van der Waals surface area (Å²) in [7, 11) is 0. The van der Waals surface area contributed by atoms with Gasteiger partial charge in [-0.1, -0.05) is 19.6 Å². The van der Waals surface area contributed by atoms with Crippen molar-refractivity contribution in [3.8, 4) is 11.5 Å². The number of nitrogens with two attached hydrogens (primary N) is 1. The van der Waals surface area contributed by atoms with E-state index in [0.717, 1.165) is 35.4 Å². The molecule has 0 aliphatic carbocycles. The van der Waals surface area contributed by atoms with Crippen molar-refractivity contribution in [2.45, 2.75) is 26.4 Å². The second-order valence-corrected chi connectivity index (χ2v) is 6.75. The van der Waals surface area contributed by atoms with Crippen LogP contribution in [0.4, 0.5) is 11.4 Å². The second-order valence-electron chi connectivity index (χ2n) is 6.75. The van der Waals surface area contributed by atoms with Crippen LogP contribution in [-0.4, -0.2) is 30.6 Å². The summed E-state index contributed by atoms with van der Waals surface area (Å²) in [5.74, 6) is 1.06. The van der Waals surface area contributed by atoms with Crippen LogP contribution in [0.15, 0.2) is 46.9 Å². The topological polar surface area (TPSA) is 112 Å². The number of nitrogen functional groups attached to an aromatic ring is 1. The smallest absolute Gasteiger partial charge is 0.311 e. The molecule has 2 aliphatic rings. The molecule has 8 nitrogen and oxygen atoms in total. The fraction of sp³-hybridized carbons (Fsp3) is 0.273. The second kappa shape index (κ2) is 9.69. The number of nitro benzene ring substituents is 1. The molecular formula is C22H24N4O4. The van der Waals surface area contributed by atoms with Gasteiger partial charge in [0.25, 0.3) is 0 Å². The van der Waals surface area contributed by atoms with Gasteiger partial charge in [-0.2, -0.15) is 0 Å². The van der Waals surface area contributed by atoms with Gasteiger partial charge in [0.2, 0.25) is 0 Å². The van der Waals surface area contributed by atoms with Crippen molar-refractivity contribution in [3.05, 3.63) is 69.3 Å². The lowest BCUT2D eigenvalue weighted by molar-refractivity contribution is -0.385. The SMILES string of the molecule is C=CCOc1cc2c(cc1[N+](=O)[O-])C=NC2.CCCOc1cc2c(cc1N)C=NC2. The molecule has 0 radical (unpaired) electrons. The van der Waals surface area contributed by atoms with Crippen LogP contribution in [-0.2, 0) is 13.1 Å². The number of nitrogens with zero attached hydrogens (tertiary/aromatic N) is 3. The van der Waals surface area contributed by atoms with E-state index in [4.69, 9.17) is 15.2 Å². The third kappa shape index (κ3) is 4.83. The van der Waals surface area contributed by atoms with E-state index in [1.54, 1.807) is 18.4 Å². The van der Waals surface area contributed by atoms with Gasteiger partial charge in [0.1, 0.15) is 12.4 Å². The first kappa shape index (κ1) is 21.0. The highest BCUT2D eigenvalue weighted by molar-refractivity contribution is 5.87. The van der Waals surface area contributed by atoms with Crippen LogP contribution < -0.4 is 15.2 Å². The summed E-state index contributed by atoms with van der Waals surface area (Å²) < 4.78 is 10.8.